The van der Waals surface area contributed by atoms with Crippen molar-refractivity contribution in [3.8, 4) is 0 Å². The molecule has 0 saturated carbocycles. The molecular weight excluding hydrogens is 370 g/mol. The Hall–Kier alpha value is -3.16. The molecule has 1 amide bonds. The molecule has 1 saturated heterocycles. The third-order valence-electron chi connectivity index (χ3n) is 5.32. The van der Waals surface area contributed by atoms with E-state index in [4.69, 9.17) is 9.40 Å². The van der Waals surface area contributed by atoms with Crippen molar-refractivity contribution >= 4 is 23.5 Å². The van der Waals surface area contributed by atoms with E-state index in [-0.39, 0.29) is 17.6 Å². The Morgan fingerprint density at radius 3 is 2.79 bits per heavy atom. The standard InChI is InChI=1S/C21H25N5O3/c1-3-6-22-19-18-15(12-14(2)13-16(18)27)23-21(24-19)26-9-7-25(8-10-26)20(28)17-5-4-11-29-17/h3-5,11,14H,1,6-10,12-13H2,2H3,(H,22,23,24)/t14-/m0/s1. The van der Waals surface area contributed by atoms with Crippen LogP contribution in [0.1, 0.15) is 40.0 Å². The van der Waals surface area contributed by atoms with Gasteiger partial charge in [-0.05, 0) is 24.5 Å². The number of piperazine rings is 1. The molecule has 0 spiro atoms. The van der Waals surface area contributed by atoms with Gasteiger partial charge in [0.05, 0.1) is 17.5 Å². The van der Waals surface area contributed by atoms with Crippen LogP contribution in [0.3, 0.4) is 0 Å². The topological polar surface area (TPSA) is 91.6 Å². The summed E-state index contributed by atoms with van der Waals surface area (Å²) in [6, 6.07) is 3.39. The first-order valence-electron chi connectivity index (χ1n) is 9.93. The molecule has 0 radical (unpaired) electrons. The van der Waals surface area contributed by atoms with E-state index < -0.39 is 0 Å². The second kappa shape index (κ2) is 8.06. The van der Waals surface area contributed by atoms with Gasteiger partial charge in [0, 0.05) is 39.1 Å². The van der Waals surface area contributed by atoms with Crippen molar-refractivity contribution in [1.29, 1.82) is 0 Å². The molecular formula is C21H25N5O3. The predicted molar refractivity (Wildman–Crippen MR) is 109 cm³/mol. The molecule has 0 unspecified atom stereocenters. The van der Waals surface area contributed by atoms with Crippen LogP contribution in [0, 0.1) is 5.92 Å². The molecule has 8 heteroatoms. The zero-order valence-electron chi connectivity index (χ0n) is 16.6. The Bertz CT molecular complexity index is 917. The Labute approximate surface area is 169 Å². The van der Waals surface area contributed by atoms with Crippen molar-refractivity contribution in [3.05, 3.63) is 48.1 Å². The summed E-state index contributed by atoms with van der Waals surface area (Å²) >= 11 is 0. The largest absolute Gasteiger partial charge is 0.459 e. The monoisotopic (exact) mass is 395 g/mol. The van der Waals surface area contributed by atoms with Crippen molar-refractivity contribution in [2.75, 3.05) is 42.9 Å². The number of hydrogen-bond acceptors (Lipinski definition) is 7. The lowest BCUT2D eigenvalue weighted by Gasteiger charge is -2.35. The number of fused-ring (bicyclic) bond motifs is 1. The van der Waals surface area contributed by atoms with E-state index in [1.807, 2.05) is 0 Å². The second-order valence-electron chi connectivity index (χ2n) is 7.56. The van der Waals surface area contributed by atoms with Crippen molar-refractivity contribution < 1.29 is 14.0 Å². The third kappa shape index (κ3) is 3.87. The van der Waals surface area contributed by atoms with Gasteiger partial charge in [0.15, 0.2) is 11.5 Å². The summed E-state index contributed by atoms with van der Waals surface area (Å²) in [6.45, 7) is 8.69. The quantitative estimate of drug-likeness (QED) is 0.777. The molecule has 29 heavy (non-hydrogen) atoms. The Kier molecular flexibility index (Phi) is 5.33. The van der Waals surface area contributed by atoms with Crippen molar-refractivity contribution in [2.45, 2.75) is 19.8 Å². The molecule has 0 aromatic carbocycles. The number of hydrogen-bond donors (Lipinski definition) is 1. The van der Waals surface area contributed by atoms with Crippen LogP contribution in [0.4, 0.5) is 11.8 Å². The Morgan fingerprint density at radius 2 is 2.10 bits per heavy atom. The van der Waals surface area contributed by atoms with E-state index in [0.29, 0.717) is 62.2 Å². The molecule has 4 rings (SSSR count). The summed E-state index contributed by atoms with van der Waals surface area (Å²) in [5.41, 5.74) is 1.42. The maximum absolute atomic E-state index is 12.6. The molecule has 8 nitrogen and oxygen atoms in total. The highest BCUT2D eigenvalue weighted by Crippen LogP contribution is 2.30. The molecule has 2 aromatic heterocycles. The van der Waals surface area contributed by atoms with Crippen LogP contribution in [-0.2, 0) is 6.42 Å². The van der Waals surface area contributed by atoms with E-state index in [9.17, 15) is 9.59 Å². The maximum Gasteiger partial charge on any atom is 0.289 e. The van der Waals surface area contributed by atoms with Crippen LogP contribution in [-0.4, -0.2) is 59.3 Å². The highest BCUT2D eigenvalue weighted by atomic mass is 16.3. The van der Waals surface area contributed by atoms with E-state index in [2.05, 4.69) is 28.7 Å². The molecule has 1 aliphatic carbocycles. The van der Waals surface area contributed by atoms with Gasteiger partial charge in [-0.25, -0.2) is 4.98 Å². The lowest BCUT2D eigenvalue weighted by atomic mass is 9.87. The number of Topliss-reactive ketones (excluding diaryl/α,β-unsaturated/α-hetero) is 1. The van der Waals surface area contributed by atoms with Gasteiger partial charge in [0.25, 0.3) is 5.91 Å². The molecule has 3 heterocycles. The number of anilines is 2. The van der Waals surface area contributed by atoms with Gasteiger partial charge >= 0.3 is 0 Å². The van der Waals surface area contributed by atoms with E-state index in [1.165, 1.54) is 6.26 Å². The number of rotatable bonds is 5. The number of carbonyl (C=O) groups excluding carboxylic acids is 2. The first kappa shape index (κ1) is 19.2. The van der Waals surface area contributed by atoms with Crippen molar-refractivity contribution in [2.24, 2.45) is 5.92 Å². The normalized spacial score (nSPS) is 19.1. The molecule has 2 aromatic rings. The number of carbonyl (C=O) groups is 2. The highest BCUT2D eigenvalue weighted by molar-refractivity contribution is 6.02. The molecule has 1 N–H and O–H groups in total. The summed E-state index contributed by atoms with van der Waals surface area (Å²) in [6.07, 6.45) is 4.52. The zero-order valence-corrected chi connectivity index (χ0v) is 16.6. The average Bonchev–Trinajstić information content (AvgIpc) is 3.25. The fourth-order valence-electron chi connectivity index (χ4n) is 3.86. The smallest absolute Gasteiger partial charge is 0.289 e. The average molecular weight is 395 g/mol. The lowest BCUT2D eigenvalue weighted by Crippen LogP contribution is -2.49. The van der Waals surface area contributed by atoms with Gasteiger partial charge in [-0.1, -0.05) is 13.0 Å². The van der Waals surface area contributed by atoms with E-state index >= 15 is 0 Å². The summed E-state index contributed by atoms with van der Waals surface area (Å²) in [4.78, 5) is 38.3. The van der Waals surface area contributed by atoms with Crippen LogP contribution in [0.15, 0.2) is 35.5 Å². The van der Waals surface area contributed by atoms with Gasteiger partial charge in [-0.2, -0.15) is 4.98 Å². The molecule has 1 aliphatic heterocycles. The highest BCUT2D eigenvalue weighted by Gasteiger charge is 2.30. The molecule has 2 aliphatic rings. The van der Waals surface area contributed by atoms with Crippen LogP contribution >= 0.6 is 0 Å². The Balaban J connectivity index is 1.54. The number of amides is 1. The minimum Gasteiger partial charge on any atom is -0.459 e. The number of nitrogens with one attached hydrogen (secondary N) is 1. The summed E-state index contributed by atoms with van der Waals surface area (Å²) in [7, 11) is 0. The lowest BCUT2D eigenvalue weighted by molar-refractivity contribution is 0.0713. The number of ketones is 1. The van der Waals surface area contributed by atoms with Crippen molar-refractivity contribution in [3.63, 3.8) is 0 Å². The first-order valence-corrected chi connectivity index (χ1v) is 9.93. The maximum atomic E-state index is 12.6. The summed E-state index contributed by atoms with van der Waals surface area (Å²) < 4.78 is 5.22. The van der Waals surface area contributed by atoms with Crippen molar-refractivity contribution in [1.82, 2.24) is 14.9 Å². The van der Waals surface area contributed by atoms with Crippen LogP contribution in [0.25, 0.3) is 0 Å². The predicted octanol–water partition coefficient (Wildman–Crippen LogP) is 2.39. The van der Waals surface area contributed by atoms with Gasteiger partial charge in [-0.15, -0.1) is 6.58 Å². The number of nitrogens with zero attached hydrogens (tertiary/aromatic N) is 4. The SMILES string of the molecule is C=CCNc1nc(N2CCN(C(=O)c3ccco3)CC2)nc2c1C(=O)C[C@@H](C)C2. The van der Waals surface area contributed by atoms with Crippen LogP contribution in [0.2, 0.25) is 0 Å². The molecule has 0 bridgehead atoms. The fourth-order valence-corrected chi connectivity index (χ4v) is 3.86. The minimum atomic E-state index is -0.103. The van der Waals surface area contributed by atoms with Crippen LogP contribution < -0.4 is 10.2 Å². The Morgan fingerprint density at radius 1 is 1.31 bits per heavy atom. The second-order valence-corrected chi connectivity index (χ2v) is 7.56. The first-order chi connectivity index (χ1) is 14.1. The minimum absolute atomic E-state index is 0.0886. The van der Waals surface area contributed by atoms with Gasteiger partial charge < -0.3 is 19.5 Å². The molecule has 1 atom stereocenters. The van der Waals surface area contributed by atoms with Gasteiger partial charge in [0.2, 0.25) is 5.95 Å². The van der Waals surface area contributed by atoms with E-state index in [1.54, 1.807) is 23.1 Å². The van der Waals surface area contributed by atoms with Gasteiger partial charge in [0.1, 0.15) is 5.82 Å². The summed E-state index contributed by atoms with van der Waals surface area (Å²) in [5, 5.41) is 3.20. The third-order valence-corrected chi connectivity index (χ3v) is 5.32. The zero-order chi connectivity index (χ0) is 20.4. The summed E-state index contributed by atoms with van der Waals surface area (Å²) in [5.74, 6) is 1.79. The van der Waals surface area contributed by atoms with Crippen LogP contribution in [0.5, 0.6) is 0 Å². The number of furan rings is 1. The molecule has 152 valence electrons. The number of aromatic nitrogens is 2. The van der Waals surface area contributed by atoms with E-state index in [0.717, 1.165) is 12.1 Å². The molecule has 1 fully saturated rings. The van der Waals surface area contributed by atoms with Gasteiger partial charge in [-0.3, -0.25) is 9.59 Å². The fraction of sp³-hybridized carbons (Fsp3) is 0.429.